The van der Waals surface area contributed by atoms with Gasteiger partial charge in [-0.25, -0.2) is 4.68 Å². The number of aryl methyl sites for hydroxylation is 1. The Morgan fingerprint density at radius 1 is 1.33 bits per heavy atom. The molecular formula is C18H18N4O2. The van der Waals surface area contributed by atoms with Crippen LogP contribution in [0.3, 0.4) is 0 Å². The van der Waals surface area contributed by atoms with Gasteiger partial charge in [-0.15, -0.1) is 0 Å². The minimum atomic E-state index is 0.00405. The lowest BCUT2D eigenvalue weighted by atomic mass is 10.1. The number of hydrogen-bond donors (Lipinski definition) is 2. The van der Waals surface area contributed by atoms with Crippen LogP contribution in [-0.2, 0) is 13.1 Å². The fourth-order valence-corrected chi connectivity index (χ4v) is 2.55. The summed E-state index contributed by atoms with van der Waals surface area (Å²) in [5.74, 6) is 1.61. The zero-order valence-electron chi connectivity index (χ0n) is 13.4. The third kappa shape index (κ3) is 3.31. The Kier molecular flexibility index (Phi) is 4.64. The van der Waals surface area contributed by atoms with E-state index in [1.807, 2.05) is 37.3 Å². The zero-order chi connectivity index (χ0) is 16.9. The summed E-state index contributed by atoms with van der Waals surface area (Å²) in [6.45, 7) is 2.86. The van der Waals surface area contributed by atoms with E-state index in [1.165, 1.54) is 0 Å². The second-order valence-corrected chi connectivity index (χ2v) is 5.42. The molecule has 0 amide bonds. The first kappa shape index (κ1) is 15.8. The number of aromatic nitrogens is 2. The van der Waals surface area contributed by atoms with Crippen molar-refractivity contribution in [3.8, 4) is 17.3 Å². The lowest BCUT2D eigenvalue weighted by molar-refractivity contribution is 0.270. The summed E-state index contributed by atoms with van der Waals surface area (Å²) in [6, 6.07) is 13.4. The minimum absolute atomic E-state index is 0.00405. The van der Waals surface area contributed by atoms with Gasteiger partial charge in [-0.2, -0.15) is 10.4 Å². The van der Waals surface area contributed by atoms with E-state index < -0.39 is 0 Å². The third-order valence-electron chi connectivity index (χ3n) is 3.76. The molecule has 0 aliphatic heterocycles. The normalized spacial score (nSPS) is 10.5. The number of hydrogen-bond acceptors (Lipinski definition) is 5. The van der Waals surface area contributed by atoms with Crippen molar-refractivity contribution in [3.05, 3.63) is 59.5 Å². The Morgan fingerprint density at radius 3 is 2.92 bits per heavy atom. The predicted octanol–water partition coefficient (Wildman–Crippen LogP) is 2.93. The number of rotatable bonds is 6. The van der Waals surface area contributed by atoms with Crippen LogP contribution < -0.4 is 5.32 Å². The van der Waals surface area contributed by atoms with Crippen molar-refractivity contribution in [2.45, 2.75) is 20.0 Å². The van der Waals surface area contributed by atoms with Gasteiger partial charge in [-0.1, -0.05) is 12.1 Å². The molecule has 0 radical (unpaired) electrons. The maximum Gasteiger partial charge on any atom is 0.125 e. The van der Waals surface area contributed by atoms with Gasteiger partial charge >= 0.3 is 0 Å². The average molecular weight is 322 g/mol. The number of anilines is 1. The fourth-order valence-electron chi connectivity index (χ4n) is 2.55. The molecule has 6 heteroatoms. The first-order chi connectivity index (χ1) is 11.7. The molecule has 0 saturated carbocycles. The van der Waals surface area contributed by atoms with Crippen LogP contribution >= 0.6 is 0 Å². The Balaban J connectivity index is 1.82. The van der Waals surface area contributed by atoms with E-state index in [4.69, 9.17) is 9.68 Å². The molecule has 2 N–H and O–H groups in total. The van der Waals surface area contributed by atoms with Crippen molar-refractivity contribution in [1.29, 1.82) is 5.26 Å². The second kappa shape index (κ2) is 7.02. The molecule has 0 unspecified atom stereocenters. The number of nitrogens with one attached hydrogen (secondary N) is 1. The van der Waals surface area contributed by atoms with Gasteiger partial charge in [0, 0.05) is 18.2 Å². The third-order valence-corrected chi connectivity index (χ3v) is 3.76. The van der Waals surface area contributed by atoms with Crippen LogP contribution in [0.15, 0.2) is 47.1 Å². The van der Waals surface area contributed by atoms with E-state index in [9.17, 15) is 5.11 Å². The van der Waals surface area contributed by atoms with Crippen molar-refractivity contribution < 1.29 is 9.52 Å². The summed E-state index contributed by atoms with van der Waals surface area (Å²) in [4.78, 5) is 0. The molecule has 0 atom stereocenters. The largest absolute Gasteiger partial charge is 0.469 e. The van der Waals surface area contributed by atoms with E-state index in [2.05, 4.69) is 16.5 Å². The number of nitriles is 1. The SMILES string of the molecule is Cc1occc1-c1cc(NCc2cccc(C#N)c2)n(CCO)n1. The van der Waals surface area contributed by atoms with Crippen LogP contribution in [0.5, 0.6) is 0 Å². The van der Waals surface area contributed by atoms with Crippen molar-refractivity contribution in [3.63, 3.8) is 0 Å². The molecule has 0 aliphatic rings. The van der Waals surface area contributed by atoms with Crippen LogP contribution in [0.4, 0.5) is 5.82 Å². The standard InChI is InChI=1S/C18H18N4O2/c1-13-16(5-8-24-13)17-10-18(22(21-17)6-7-23)20-12-15-4-2-3-14(9-15)11-19/h2-5,8-10,20,23H,6-7,12H2,1H3. The van der Waals surface area contributed by atoms with E-state index in [1.54, 1.807) is 17.0 Å². The summed E-state index contributed by atoms with van der Waals surface area (Å²) >= 11 is 0. The average Bonchev–Trinajstić information content (AvgIpc) is 3.19. The molecule has 3 aromatic rings. The van der Waals surface area contributed by atoms with Crippen LogP contribution in [-0.4, -0.2) is 21.5 Å². The highest BCUT2D eigenvalue weighted by molar-refractivity contribution is 5.64. The fraction of sp³-hybridized carbons (Fsp3) is 0.222. The van der Waals surface area contributed by atoms with Gasteiger partial charge < -0.3 is 14.8 Å². The first-order valence-electron chi connectivity index (χ1n) is 7.67. The molecular weight excluding hydrogens is 304 g/mol. The van der Waals surface area contributed by atoms with Crippen molar-refractivity contribution >= 4 is 5.82 Å². The van der Waals surface area contributed by atoms with Crippen LogP contribution in [0.25, 0.3) is 11.3 Å². The van der Waals surface area contributed by atoms with Gasteiger partial charge in [-0.05, 0) is 30.7 Å². The molecule has 0 spiro atoms. The zero-order valence-corrected chi connectivity index (χ0v) is 13.4. The highest BCUT2D eigenvalue weighted by Crippen LogP contribution is 2.26. The molecule has 24 heavy (non-hydrogen) atoms. The van der Waals surface area contributed by atoms with E-state index >= 15 is 0 Å². The molecule has 1 aromatic carbocycles. The number of furan rings is 1. The molecule has 3 rings (SSSR count). The number of aliphatic hydroxyl groups is 1. The van der Waals surface area contributed by atoms with E-state index in [0.29, 0.717) is 18.7 Å². The summed E-state index contributed by atoms with van der Waals surface area (Å²) in [5.41, 5.74) is 3.36. The number of benzene rings is 1. The minimum Gasteiger partial charge on any atom is -0.469 e. The Labute approximate surface area is 140 Å². The molecule has 2 aromatic heterocycles. The molecule has 2 heterocycles. The van der Waals surface area contributed by atoms with Crippen molar-refractivity contribution in [2.75, 3.05) is 11.9 Å². The monoisotopic (exact) mass is 322 g/mol. The smallest absolute Gasteiger partial charge is 0.125 e. The maximum absolute atomic E-state index is 9.25. The van der Waals surface area contributed by atoms with Crippen molar-refractivity contribution in [1.82, 2.24) is 9.78 Å². The number of aliphatic hydroxyl groups excluding tert-OH is 1. The predicted molar refractivity (Wildman–Crippen MR) is 90.2 cm³/mol. The van der Waals surface area contributed by atoms with Crippen LogP contribution in [0.1, 0.15) is 16.9 Å². The highest BCUT2D eigenvalue weighted by atomic mass is 16.3. The molecule has 0 bridgehead atoms. The van der Waals surface area contributed by atoms with Gasteiger partial charge in [0.25, 0.3) is 0 Å². The molecule has 122 valence electrons. The molecule has 0 aliphatic carbocycles. The lowest BCUT2D eigenvalue weighted by Gasteiger charge is -2.08. The summed E-state index contributed by atoms with van der Waals surface area (Å²) in [6.07, 6.45) is 1.64. The first-order valence-corrected chi connectivity index (χ1v) is 7.67. The Morgan fingerprint density at radius 2 is 2.21 bits per heavy atom. The second-order valence-electron chi connectivity index (χ2n) is 5.42. The quantitative estimate of drug-likeness (QED) is 0.728. The van der Waals surface area contributed by atoms with Gasteiger partial charge in [0.05, 0.1) is 36.7 Å². The summed E-state index contributed by atoms with van der Waals surface area (Å²) < 4.78 is 7.07. The summed E-state index contributed by atoms with van der Waals surface area (Å²) in [5, 5.41) is 26.1. The lowest BCUT2D eigenvalue weighted by Crippen LogP contribution is -2.10. The molecule has 0 saturated heterocycles. The van der Waals surface area contributed by atoms with E-state index in [0.717, 1.165) is 28.4 Å². The van der Waals surface area contributed by atoms with Crippen LogP contribution in [0.2, 0.25) is 0 Å². The Hall–Kier alpha value is -3.04. The Bertz CT molecular complexity index is 873. The van der Waals surface area contributed by atoms with Gasteiger partial charge in [-0.3, -0.25) is 0 Å². The number of nitrogens with zero attached hydrogens (tertiary/aromatic N) is 3. The summed E-state index contributed by atoms with van der Waals surface area (Å²) in [7, 11) is 0. The molecule has 0 fully saturated rings. The molecule has 6 nitrogen and oxygen atoms in total. The van der Waals surface area contributed by atoms with Crippen molar-refractivity contribution in [2.24, 2.45) is 0 Å². The van der Waals surface area contributed by atoms with Gasteiger partial charge in [0.1, 0.15) is 11.6 Å². The van der Waals surface area contributed by atoms with Crippen LogP contribution in [0, 0.1) is 18.3 Å². The van der Waals surface area contributed by atoms with Gasteiger partial charge in [0.2, 0.25) is 0 Å². The topological polar surface area (TPSA) is 87.0 Å². The maximum atomic E-state index is 9.25. The van der Waals surface area contributed by atoms with E-state index in [-0.39, 0.29) is 6.61 Å². The van der Waals surface area contributed by atoms with Gasteiger partial charge in [0.15, 0.2) is 0 Å². The highest BCUT2D eigenvalue weighted by Gasteiger charge is 2.12.